The van der Waals surface area contributed by atoms with Crippen molar-refractivity contribution in [3.63, 3.8) is 0 Å². The molecule has 6 heteroatoms. The zero-order chi connectivity index (χ0) is 16.2. The lowest BCUT2D eigenvalue weighted by molar-refractivity contribution is -0.120. The molecular formula is C15H24N2O4. The molecule has 1 aliphatic carbocycles. The molecule has 0 saturated carbocycles. The van der Waals surface area contributed by atoms with Crippen LogP contribution in [0.2, 0.25) is 0 Å². The summed E-state index contributed by atoms with van der Waals surface area (Å²) in [5, 5.41) is 11.9. The summed E-state index contributed by atoms with van der Waals surface area (Å²) in [6.45, 7) is 7.17. The molecule has 0 radical (unpaired) electrons. The highest BCUT2D eigenvalue weighted by atomic mass is 16.6. The number of alkyl carbamates (subject to hydrolysis) is 1. The zero-order valence-corrected chi connectivity index (χ0v) is 13.0. The van der Waals surface area contributed by atoms with Crippen molar-refractivity contribution in [2.75, 3.05) is 0 Å². The number of carbonyl (C=O) groups is 2. The molecule has 0 aromatic carbocycles. The van der Waals surface area contributed by atoms with Crippen LogP contribution in [0, 0.1) is 5.92 Å². The monoisotopic (exact) mass is 296 g/mol. The molecule has 2 unspecified atom stereocenters. The van der Waals surface area contributed by atoms with Crippen LogP contribution in [0.25, 0.3) is 0 Å². The van der Waals surface area contributed by atoms with Crippen molar-refractivity contribution in [1.82, 2.24) is 5.32 Å². The van der Waals surface area contributed by atoms with Crippen LogP contribution in [-0.4, -0.2) is 28.7 Å². The molecule has 2 amide bonds. The van der Waals surface area contributed by atoms with E-state index in [1.807, 2.05) is 6.92 Å². The molecule has 1 rings (SSSR count). The van der Waals surface area contributed by atoms with E-state index in [-0.39, 0.29) is 5.92 Å². The van der Waals surface area contributed by atoms with Crippen LogP contribution in [0.15, 0.2) is 23.5 Å². The minimum Gasteiger partial charge on any atom is -0.512 e. The van der Waals surface area contributed by atoms with E-state index in [4.69, 9.17) is 10.5 Å². The van der Waals surface area contributed by atoms with E-state index in [2.05, 4.69) is 5.32 Å². The molecule has 0 bridgehead atoms. The molecule has 118 valence electrons. The Kier molecular flexibility index (Phi) is 5.41. The quantitative estimate of drug-likeness (QED) is 0.739. The van der Waals surface area contributed by atoms with Gasteiger partial charge in [-0.25, -0.2) is 4.79 Å². The van der Waals surface area contributed by atoms with Crippen molar-refractivity contribution in [3.8, 4) is 0 Å². The van der Waals surface area contributed by atoms with Gasteiger partial charge in [-0.15, -0.1) is 0 Å². The highest BCUT2D eigenvalue weighted by molar-refractivity contribution is 5.84. The first kappa shape index (κ1) is 17.1. The van der Waals surface area contributed by atoms with Gasteiger partial charge in [-0.1, -0.05) is 18.6 Å². The average Bonchev–Trinajstić information content (AvgIpc) is 2.28. The lowest BCUT2D eigenvalue weighted by Crippen LogP contribution is -2.46. The van der Waals surface area contributed by atoms with E-state index < -0.39 is 23.6 Å². The summed E-state index contributed by atoms with van der Waals surface area (Å²) in [6.07, 6.45) is 3.51. The number of carbonyl (C=O) groups excluding carboxylic acids is 2. The lowest BCUT2D eigenvalue weighted by atomic mass is 9.88. The van der Waals surface area contributed by atoms with Gasteiger partial charge in [0.15, 0.2) is 0 Å². The second-order valence-corrected chi connectivity index (χ2v) is 6.31. The molecule has 0 heterocycles. The number of rotatable bonds is 4. The summed E-state index contributed by atoms with van der Waals surface area (Å²) in [6, 6.07) is -0.831. The SMILES string of the molecule is CC1CC(O)=CC=C1CC(NC(=O)OC(C)(C)C)C(N)=O. The van der Waals surface area contributed by atoms with Crippen molar-refractivity contribution in [2.45, 2.75) is 52.2 Å². The van der Waals surface area contributed by atoms with E-state index in [0.717, 1.165) is 5.57 Å². The maximum Gasteiger partial charge on any atom is 0.408 e. The van der Waals surface area contributed by atoms with E-state index >= 15 is 0 Å². The maximum atomic E-state index is 11.7. The third-order valence-electron chi connectivity index (χ3n) is 3.11. The number of amides is 2. The van der Waals surface area contributed by atoms with Crippen molar-refractivity contribution < 1.29 is 19.4 Å². The third-order valence-corrected chi connectivity index (χ3v) is 3.11. The molecule has 2 atom stereocenters. The number of hydrogen-bond donors (Lipinski definition) is 3. The fraction of sp³-hybridized carbons (Fsp3) is 0.600. The summed E-state index contributed by atoms with van der Waals surface area (Å²) in [7, 11) is 0. The molecule has 4 N–H and O–H groups in total. The van der Waals surface area contributed by atoms with Gasteiger partial charge in [-0.3, -0.25) is 4.79 Å². The van der Waals surface area contributed by atoms with Gasteiger partial charge in [0, 0.05) is 6.42 Å². The van der Waals surface area contributed by atoms with Crippen molar-refractivity contribution in [1.29, 1.82) is 0 Å². The Bertz CT molecular complexity index is 475. The lowest BCUT2D eigenvalue weighted by Gasteiger charge is -2.25. The Morgan fingerprint density at radius 2 is 2.10 bits per heavy atom. The van der Waals surface area contributed by atoms with E-state index in [0.29, 0.717) is 18.6 Å². The summed E-state index contributed by atoms with van der Waals surface area (Å²) in [4.78, 5) is 23.2. The first-order valence-electron chi connectivity index (χ1n) is 6.96. The van der Waals surface area contributed by atoms with Gasteiger partial charge in [0.25, 0.3) is 0 Å². The molecule has 6 nitrogen and oxygen atoms in total. The first-order valence-corrected chi connectivity index (χ1v) is 6.96. The molecule has 0 fully saturated rings. The van der Waals surface area contributed by atoms with Crippen LogP contribution in [-0.2, 0) is 9.53 Å². The predicted molar refractivity (Wildman–Crippen MR) is 79.5 cm³/mol. The van der Waals surface area contributed by atoms with Crippen molar-refractivity contribution in [3.05, 3.63) is 23.5 Å². The van der Waals surface area contributed by atoms with Crippen LogP contribution >= 0.6 is 0 Å². The topological polar surface area (TPSA) is 102 Å². The summed E-state index contributed by atoms with van der Waals surface area (Å²) >= 11 is 0. The largest absolute Gasteiger partial charge is 0.512 e. The first-order chi connectivity index (χ1) is 9.58. The number of allylic oxidation sites excluding steroid dienone is 3. The molecule has 0 aromatic heterocycles. The van der Waals surface area contributed by atoms with Gasteiger partial charge in [-0.05, 0) is 39.2 Å². The Hall–Kier alpha value is -1.98. The number of hydrogen-bond acceptors (Lipinski definition) is 4. The summed E-state index contributed by atoms with van der Waals surface area (Å²) in [5.41, 5.74) is 5.65. The summed E-state index contributed by atoms with van der Waals surface area (Å²) in [5.74, 6) is -0.216. The minimum absolute atomic E-state index is 0.0947. The van der Waals surface area contributed by atoms with Crippen LogP contribution in [0.1, 0.15) is 40.5 Å². The van der Waals surface area contributed by atoms with E-state index in [9.17, 15) is 14.7 Å². The van der Waals surface area contributed by atoms with Gasteiger partial charge in [0.1, 0.15) is 11.6 Å². The van der Waals surface area contributed by atoms with Crippen LogP contribution < -0.4 is 11.1 Å². The minimum atomic E-state index is -0.831. The van der Waals surface area contributed by atoms with Crippen LogP contribution in [0.5, 0.6) is 0 Å². The average molecular weight is 296 g/mol. The smallest absolute Gasteiger partial charge is 0.408 e. The Morgan fingerprint density at radius 1 is 1.48 bits per heavy atom. The number of primary amides is 1. The number of nitrogens with one attached hydrogen (secondary N) is 1. The normalized spacial score (nSPS) is 20.1. The Morgan fingerprint density at radius 3 is 2.57 bits per heavy atom. The predicted octanol–water partition coefficient (Wildman–Crippen LogP) is 2.16. The molecule has 1 aliphatic rings. The molecule has 21 heavy (non-hydrogen) atoms. The van der Waals surface area contributed by atoms with Gasteiger partial charge in [-0.2, -0.15) is 0 Å². The van der Waals surface area contributed by atoms with Gasteiger partial charge in [0.05, 0.1) is 5.76 Å². The zero-order valence-electron chi connectivity index (χ0n) is 13.0. The number of ether oxygens (including phenoxy) is 1. The Labute approximate surface area is 125 Å². The molecule has 0 spiro atoms. The maximum absolute atomic E-state index is 11.7. The molecule has 0 aliphatic heterocycles. The van der Waals surface area contributed by atoms with E-state index in [1.165, 1.54) is 0 Å². The van der Waals surface area contributed by atoms with Crippen molar-refractivity contribution in [2.24, 2.45) is 11.7 Å². The highest BCUT2D eigenvalue weighted by Crippen LogP contribution is 2.26. The number of aliphatic hydroxyl groups is 1. The van der Waals surface area contributed by atoms with Gasteiger partial charge < -0.3 is 20.9 Å². The molecule has 0 aromatic rings. The number of nitrogens with two attached hydrogens (primary N) is 1. The molecule has 0 saturated heterocycles. The second kappa shape index (κ2) is 6.65. The van der Waals surface area contributed by atoms with E-state index in [1.54, 1.807) is 32.9 Å². The van der Waals surface area contributed by atoms with Crippen LogP contribution in [0.3, 0.4) is 0 Å². The highest BCUT2D eigenvalue weighted by Gasteiger charge is 2.25. The number of aliphatic hydroxyl groups excluding tert-OH is 1. The standard InChI is InChI=1S/C15H24N2O4/c1-9-7-11(18)6-5-10(9)8-12(13(16)19)17-14(20)21-15(2,3)4/h5-6,9,12,18H,7-8H2,1-4H3,(H2,16,19)(H,17,20). The summed E-state index contributed by atoms with van der Waals surface area (Å²) < 4.78 is 5.12. The fourth-order valence-corrected chi connectivity index (χ4v) is 2.06. The van der Waals surface area contributed by atoms with Gasteiger partial charge >= 0.3 is 6.09 Å². The van der Waals surface area contributed by atoms with Crippen molar-refractivity contribution >= 4 is 12.0 Å². The third kappa shape index (κ3) is 5.89. The fourth-order valence-electron chi connectivity index (χ4n) is 2.06. The second-order valence-electron chi connectivity index (χ2n) is 6.31. The van der Waals surface area contributed by atoms with Gasteiger partial charge in [0.2, 0.25) is 5.91 Å². The van der Waals surface area contributed by atoms with Crippen LogP contribution in [0.4, 0.5) is 4.79 Å². The molecular weight excluding hydrogens is 272 g/mol. The Balaban J connectivity index is 2.71.